The Bertz CT molecular complexity index is 874. The normalized spacial score (nSPS) is 13.2. The van der Waals surface area contributed by atoms with Gasteiger partial charge in [0.05, 0.1) is 5.56 Å². The molecule has 1 amide bonds. The van der Waals surface area contributed by atoms with E-state index >= 15 is 0 Å². The van der Waals surface area contributed by atoms with Gasteiger partial charge in [0, 0.05) is 28.3 Å². The number of fused-ring (bicyclic) bond motifs is 1. The number of aromatic nitrogens is 1. The van der Waals surface area contributed by atoms with Crippen LogP contribution in [0.2, 0.25) is 0 Å². The number of carbonyl (C=O) groups is 1. The summed E-state index contributed by atoms with van der Waals surface area (Å²) in [5.74, 6) is -0.903. The Labute approximate surface area is 146 Å². The van der Waals surface area contributed by atoms with Gasteiger partial charge in [0.1, 0.15) is 5.82 Å². The van der Waals surface area contributed by atoms with E-state index in [-0.39, 0.29) is 17.8 Å². The first-order chi connectivity index (χ1) is 10.9. The van der Waals surface area contributed by atoms with Crippen LogP contribution in [-0.4, -0.2) is 10.5 Å². The molecule has 1 heterocycles. The Hall–Kier alpha value is -1.70. The van der Waals surface area contributed by atoms with Crippen LogP contribution in [0.15, 0.2) is 23.0 Å². The second kappa shape index (κ2) is 6.07. The van der Waals surface area contributed by atoms with E-state index in [1.165, 1.54) is 10.6 Å². The summed E-state index contributed by atoms with van der Waals surface area (Å²) in [6, 6.07) is 4.92. The maximum atomic E-state index is 14.2. The van der Waals surface area contributed by atoms with Gasteiger partial charge in [-0.25, -0.2) is 4.39 Å². The highest BCUT2D eigenvalue weighted by atomic mass is 127. The quantitative estimate of drug-likeness (QED) is 0.766. The Morgan fingerprint density at radius 3 is 2.70 bits per heavy atom. The number of pyridine rings is 1. The summed E-state index contributed by atoms with van der Waals surface area (Å²) in [4.78, 5) is 24.5. The molecular formula is C17H16FIN2O2. The van der Waals surface area contributed by atoms with Gasteiger partial charge in [-0.2, -0.15) is 0 Å². The summed E-state index contributed by atoms with van der Waals surface area (Å²) in [5, 5.41) is 0. The van der Waals surface area contributed by atoms with Gasteiger partial charge in [-0.05, 0) is 65.1 Å². The lowest BCUT2D eigenvalue weighted by atomic mass is 9.97. The summed E-state index contributed by atoms with van der Waals surface area (Å²) in [6.07, 6.45) is 2.35. The SMILES string of the molecule is Cn1c(Cc2ccc(I)cc2F)c(C(N)=O)c2c(c1=O)CCC2. The highest BCUT2D eigenvalue weighted by molar-refractivity contribution is 14.1. The topological polar surface area (TPSA) is 65.1 Å². The molecule has 2 aromatic rings. The first-order valence-corrected chi connectivity index (χ1v) is 8.45. The number of primary amides is 1. The number of benzene rings is 1. The van der Waals surface area contributed by atoms with Crippen molar-refractivity contribution in [1.82, 2.24) is 4.57 Å². The molecule has 4 nitrogen and oxygen atoms in total. The van der Waals surface area contributed by atoms with Crippen LogP contribution < -0.4 is 11.3 Å². The van der Waals surface area contributed by atoms with Gasteiger partial charge in [-0.3, -0.25) is 9.59 Å². The molecule has 0 bridgehead atoms. The zero-order chi connectivity index (χ0) is 16.7. The second-order valence-corrected chi connectivity index (χ2v) is 7.02. The van der Waals surface area contributed by atoms with Crippen LogP contribution in [0.4, 0.5) is 4.39 Å². The van der Waals surface area contributed by atoms with Crippen molar-refractivity contribution >= 4 is 28.5 Å². The molecule has 0 saturated carbocycles. The van der Waals surface area contributed by atoms with Crippen LogP contribution in [-0.2, 0) is 26.3 Å². The molecule has 120 valence electrons. The standard InChI is InChI=1S/C17H16FIN2O2/c1-21-14(7-9-5-6-10(19)8-13(9)18)15(16(20)22)11-3-2-4-12(11)17(21)23/h5-6,8H,2-4,7H2,1H3,(H2,20,22). The predicted molar refractivity (Wildman–Crippen MR) is 94.1 cm³/mol. The van der Waals surface area contributed by atoms with E-state index in [0.717, 1.165) is 15.6 Å². The van der Waals surface area contributed by atoms with Crippen LogP contribution in [0.1, 0.15) is 39.2 Å². The van der Waals surface area contributed by atoms with E-state index in [1.54, 1.807) is 19.2 Å². The van der Waals surface area contributed by atoms with Crippen LogP contribution in [0.5, 0.6) is 0 Å². The number of nitrogens with two attached hydrogens (primary N) is 1. The maximum absolute atomic E-state index is 14.2. The summed E-state index contributed by atoms with van der Waals surface area (Å²) in [6.45, 7) is 0. The predicted octanol–water partition coefficient (Wildman–Crippen LogP) is 2.31. The third-order valence-corrected chi connectivity index (χ3v) is 5.07. The molecule has 0 spiro atoms. The van der Waals surface area contributed by atoms with E-state index in [2.05, 4.69) is 0 Å². The summed E-state index contributed by atoms with van der Waals surface area (Å²) in [7, 11) is 1.62. The fraction of sp³-hybridized carbons (Fsp3) is 0.294. The van der Waals surface area contributed by atoms with Crippen molar-refractivity contribution < 1.29 is 9.18 Å². The lowest BCUT2D eigenvalue weighted by molar-refractivity contribution is 0.0997. The molecule has 0 fully saturated rings. The minimum Gasteiger partial charge on any atom is -0.366 e. The van der Waals surface area contributed by atoms with E-state index < -0.39 is 5.91 Å². The average molecular weight is 426 g/mol. The number of hydrogen-bond donors (Lipinski definition) is 1. The molecule has 0 radical (unpaired) electrons. The Morgan fingerprint density at radius 2 is 2.04 bits per heavy atom. The van der Waals surface area contributed by atoms with Gasteiger partial charge in [-0.1, -0.05) is 6.07 Å². The minimum absolute atomic E-state index is 0.108. The van der Waals surface area contributed by atoms with Crippen molar-refractivity contribution in [2.75, 3.05) is 0 Å². The van der Waals surface area contributed by atoms with E-state index in [9.17, 15) is 14.0 Å². The number of rotatable bonds is 3. The number of carbonyl (C=O) groups excluding carboxylic acids is 1. The van der Waals surface area contributed by atoms with Crippen molar-refractivity contribution in [3.05, 3.63) is 65.9 Å². The minimum atomic E-state index is -0.556. The molecule has 0 saturated heterocycles. The van der Waals surface area contributed by atoms with Crippen LogP contribution in [0.25, 0.3) is 0 Å². The lowest BCUT2D eigenvalue weighted by Gasteiger charge is -2.17. The number of amides is 1. The highest BCUT2D eigenvalue weighted by Crippen LogP contribution is 2.27. The molecular weight excluding hydrogens is 410 g/mol. The Balaban J connectivity index is 2.21. The smallest absolute Gasteiger partial charge is 0.254 e. The number of hydrogen-bond acceptors (Lipinski definition) is 2. The lowest BCUT2D eigenvalue weighted by Crippen LogP contribution is -2.30. The van der Waals surface area contributed by atoms with E-state index in [0.29, 0.717) is 35.2 Å². The van der Waals surface area contributed by atoms with Crippen molar-refractivity contribution in [3.63, 3.8) is 0 Å². The third kappa shape index (κ3) is 2.80. The van der Waals surface area contributed by atoms with Gasteiger partial charge in [0.2, 0.25) is 0 Å². The molecule has 0 aliphatic heterocycles. The van der Waals surface area contributed by atoms with Crippen molar-refractivity contribution in [3.8, 4) is 0 Å². The molecule has 2 N–H and O–H groups in total. The molecule has 1 aromatic heterocycles. The fourth-order valence-electron chi connectivity index (χ4n) is 3.27. The molecule has 3 rings (SSSR count). The van der Waals surface area contributed by atoms with Crippen LogP contribution in [0, 0.1) is 9.39 Å². The molecule has 0 atom stereocenters. The zero-order valence-corrected chi connectivity index (χ0v) is 14.8. The Morgan fingerprint density at radius 1 is 1.35 bits per heavy atom. The number of nitrogens with zero attached hydrogens (tertiary/aromatic N) is 1. The first-order valence-electron chi connectivity index (χ1n) is 7.37. The Kier molecular flexibility index (Phi) is 4.27. The van der Waals surface area contributed by atoms with Gasteiger partial charge in [0.25, 0.3) is 11.5 Å². The molecule has 1 aliphatic rings. The molecule has 0 unspecified atom stereocenters. The van der Waals surface area contributed by atoms with Crippen molar-refractivity contribution in [2.45, 2.75) is 25.7 Å². The third-order valence-electron chi connectivity index (χ3n) is 4.40. The number of halogens is 2. The molecule has 23 heavy (non-hydrogen) atoms. The fourth-order valence-corrected chi connectivity index (χ4v) is 3.72. The summed E-state index contributed by atoms with van der Waals surface area (Å²) in [5.41, 5.74) is 8.21. The summed E-state index contributed by atoms with van der Waals surface area (Å²) >= 11 is 2.04. The first kappa shape index (κ1) is 16.2. The average Bonchev–Trinajstić information content (AvgIpc) is 2.96. The molecule has 6 heteroatoms. The molecule has 1 aliphatic carbocycles. The van der Waals surface area contributed by atoms with Crippen molar-refractivity contribution in [1.29, 1.82) is 0 Å². The van der Waals surface area contributed by atoms with Crippen molar-refractivity contribution in [2.24, 2.45) is 12.8 Å². The van der Waals surface area contributed by atoms with Gasteiger partial charge in [-0.15, -0.1) is 0 Å². The summed E-state index contributed by atoms with van der Waals surface area (Å²) < 4.78 is 16.4. The molecule has 1 aromatic carbocycles. The van der Waals surface area contributed by atoms with Gasteiger partial charge >= 0.3 is 0 Å². The van der Waals surface area contributed by atoms with E-state index in [4.69, 9.17) is 5.73 Å². The zero-order valence-electron chi connectivity index (χ0n) is 12.7. The largest absolute Gasteiger partial charge is 0.366 e. The second-order valence-electron chi connectivity index (χ2n) is 5.77. The maximum Gasteiger partial charge on any atom is 0.254 e. The van der Waals surface area contributed by atoms with Crippen LogP contribution >= 0.6 is 22.6 Å². The van der Waals surface area contributed by atoms with E-state index in [1.807, 2.05) is 22.6 Å². The van der Waals surface area contributed by atoms with Crippen LogP contribution in [0.3, 0.4) is 0 Å². The van der Waals surface area contributed by atoms with Gasteiger partial charge < -0.3 is 10.3 Å². The van der Waals surface area contributed by atoms with Gasteiger partial charge in [0.15, 0.2) is 0 Å². The highest BCUT2D eigenvalue weighted by Gasteiger charge is 2.26. The monoisotopic (exact) mass is 426 g/mol.